The minimum atomic E-state index is -0.850. The number of hydrogen-bond acceptors (Lipinski definition) is 7. The molecule has 3 heterocycles. The van der Waals surface area contributed by atoms with Crippen molar-refractivity contribution in [3.05, 3.63) is 83.6 Å². The van der Waals surface area contributed by atoms with Crippen LogP contribution in [0.3, 0.4) is 0 Å². The molecule has 1 N–H and O–H groups in total. The summed E-state index contributed by atoms with van der Waals surface area (Å²) in [7, 11) is 1.53. The molecule has 0 bridgehead atoms. The number of pyridine rings is 1. The summed E-state index contributed by atoms with van der Waals surface area (Å²) in [5, 5.41) is 11.1. The summed E-state index contributed by atoms with van der Waals surface area (Å²) >= 11 is 0. The second-order valence-corrected chi connectivity index (χ2v) is 7.85. The van der Waals surface area contributed by atoms with Crippen molar-refractivity contribution in [3.8, 4) is 11.5 Å². The number of Topliss-reactive ketones (excluding diaryl/α,β-unsaturated/α-hetero) is 1. The number of unbranched alkanes of at least 4 members (excludes halogenated alkanes) is 1. The van der Waals surface area contributed by atoms with Gasteiger partial charge in [-0.25, -0.2) is 0 Å². The first-order valence-corrected chi connectivity index (χ1v) is 11.1. The molecule has 0 spiro atoms. The van der Waals surface area contributed by atoms with E-state index in [2.05, 4.69) is 11.9 Å². The molecule has 1 aliphatic rings. The van der Waals surface area contributed by atoms with E-state index in [1.807, 2.05) is 0 Å². The van der Waals surface area contributed by atoms with Gasteiger partial charge in [0.15, 0.2) is 11.5 Å². The number of rotatable bonds is 9. The summed E-state index contributed by atoms with van der Waals surface area (Å²) in [6, 6.07) is 11.0. The molecule has 1 aromatic carbocycles. The molecule has 1 fully saturated rings. The van der Waals surface area contributed by atoms with Gasteiger partial charge < -0.3 is 23.9 Å². The number of ether oxygens (including phenoxy) is 2. The monoisotopic (exact) mass is 462 g/mol. The molecule has 0 aliphatic carbocycles. The number of aliphatic hydroxyl groups excluding tert-OH is 1. The van der Waals surface area contributed by atoms with Crippen molar-refractivity contribution in [1.82, 2.24) is 9.88 Å². The standard InChI is InChI=1S/C26H26N2O6/c1-3-4-13-34-20-8-7-18(15-21(20)32-2)23-22(24(29)17-9-11-27-12-10-17)25(30)26(31)28(23)16-19-6-5-14-33-19/h5-12,14-15,23,29H,3-4,13,16H2,1-2H3/b24-22+. The Morgan fingerprint density at radius 3 is 2.62 bits per heavy atom. The minimum absolute atomic E-state index is 0.00976. The zero-order valence-electron chi connectivity index (χ0n) is 19.1. The van der Waals surface area contributed by atoms with E-state index in [1.54, 1.807) is 42.5 Å². The van der Waals surface area contributed by atoms with Crippen LogP contribution in [0.4, 0.5) is 0 Å². The van der Waals surface area contributed by atoms with E-state index in [-0.39, 0.29) is 17.9 Å². The van der Waals surface area contributed by atoms with E-state index in [1.165, 1.54) is 30.7 Å². The minimum Gasteiger partial charge on any atom is -0.507 e. The van der Waals surface area contributed by atoms with Gasteiger partial charge in [0.25, 0.3) is 11.7 Å². The van der Waals surface area contributed by atoms with Crippen LogP contribution in [0.5, 0.6) is 11.5 Å². The highest BCUT2D eigenvalue weighted by Gasteiger charge is 2.46. The second-order valence-electron chi connectivity index (χ2n) is 7.85. The van der Waals surface area contributed by atoms with Crippen LogP contribution >= 0.6 is 0 Å². The normalized spacial score (nSPS) is 17.2. The maximum Gasteiger partial charge on any atom is 0.296 e. The third-order valence-electron chi connectivity index (χ3n) is 5.66. The number of aliphatic hydroxyl groups is 1. The van der Waals surface area contributed by atoms with Crippen LogP contribution < -0.4 is 9.47 Å². The summed E-state index contributed by atoms with van der Waals surface area (Å²) in [5.74, 6) is -0.206. The molecule has 2 aromatic heterocycles. The fraction of sp³-hybridized carbons (Fsp3) is 0.269. The highest BCUT2D eigenvalue weighted by atomic mass is 16.5. The predicted molar refractivity (Wildman–Crippen MR) is 124 cm³/mol. The maximum atomic E-state index is 13.1. The van der Waals surface area contributed by atoms with Crippen molar-refractivity contribution in [1.29, 1.82) is 0 Å². The second kappa shape index (κ2) is 10.2. The highest BCUT2D eigenvalue weighted by molar-refractivity contribution is 6.46. The van der Waals surface area contributed by atoms with E-state index in [9.17, 15) is 14.7 Å². The number of hydrogen-bond donors (Lipinski definition) is 1. The largest absolute Gasteiger partial charge is 0.507 e. The predicted octanol–water partition coefficient (Wildman–Crippen LogP) is 4.48. The first-order valence-electron chi connectivity index (χ1n) is 11.1. The lowest BCUT2D eigenvalue weighted by Gasteiger charge is -2.25. The quantitative estimate of drug-likeness (QED) is 0.216. The molecular weight excluding hydrogens is 436 g/mol. The molecule has 1 unspecified atom stereocenters. The highest BCUT2D eigenvalue weighted by Crippen LogP contribution is 2.42. The van der Waals surface area contributed by atoms with E-state index in [4.69, 9.17) is 13.9 Å². The Morgan fingerprint density at radius 1 is 1.15 bits per heavy atom. The Kier molecular flexibility index (Phi) is 6.96. The molecule has 1 atom stereocenters. The van der Waals surface area contributed by atoms with Crippen molar-refractivity contribution in [2.75, 3.05) is 13.7 Å². The van der Waals surface area contributed by atoms with Crippen LogP contribution in [0.25, 0.3) is 5.76 Å². The number of furan rings is 1. The number of benzene rings is 1. The maximum absolute atomic E-state index is 13.1. The molecule has 176 valence electrons. The van der Waals surface area contributed by atoms with Crippen LogP contribution in [0.2, 0.25) is 0 Å². The lowest BCUT2D eigenvalue weighted by molar-refractivity contribution is -0.140. The number of carbonyl (C=O) groups is 2. The van der Waals surface area contributed by atoms with Crippen molar-refractivity contribution in [2.45, 2.75) is 32.4 Å². The Balaban J connectivity index is 1.81. The van der Waals surface area contributed by atoms with Gasteiger partial charge in [-0.15, -0.1) is 0 Å². The first kappa shape index (κ1) is 23.1. The Bertz CT molecular complexity index is 1190. The molecule has 1 saturated heterocycles. The number of ketones is 1. The van der Waals surface area contributed by atoms with E-state index in [0.29, 0.717) is 35.0 Å². The summed E-state index contributed by atoms with van der Waals surface area (Å²) in [4.78, 5) is 31.5. The Morgan fingerprint density at radius 2 is 1.94 bits per heavy atom. The molecule has 1 amide bonds. The van der Waals surface area contributed by atoms with E-state index < -0.39 is 17.7 Å². The molecule has 4 rings (SSSR count). The Hall–Kier alpha value is -4.07. The zero-order chi connectivity index (χ0) is 24.1. The molecular formula is C26H26N2O6. The lowest BCUT2D eigenvalue weighted by atomic mass is 9.95. The number of likely N-dealkylation sites (tertiary alicyclic amines) is 1. The van der Waals surface area contributed by atoms with Gasteiger partial charge in [0.05, 0.1) is 38.1 Å². The topological polar surface area (TPSA) is 102 Å². The number of aromatic nitrogens is 1. The van der Waals surface area contributed by atoms with Gasteiger partial charge in [-0.3, -0.25) is 14.6 Å². The molecule has 8 heteroatoms. The average Bonchev–Trinajstić information content (AvgIpc) is 3.47. The summed E-state index contributed by atoms with van der Waals surface area (Å²) in [6.45, 7) is 2.69. The lowest BCUT2D eigenvalue weighted by Crippen LogP contribution is -2.29. The molecule has 3 aromatic rings. The third-order valence-corrected chi connectivity index (χ3v) is 5.66. The number of methoxy groups -OCH3 is 1. The SMILES string of the molecule is CCCCOc1ccc(C2/C(=C(\O)c3ccncc3)C(=O)C(=O)N2Cc2ccco2)cc1OC. The summed E-state index contributed by atoms with van der Waals surface area (Å²) in [6.07, 6.45) is 6.42. The van der Waals surface area contributed by atoms with E-state index >= 15 is 0 Å². The molecule has 8 nitrogen and oxygen atoms in total. The van der Waals surface area contributed by atoms with Gasteiger partial charge in [0.2, 0.25) is 0 Å². The van der Waals surface area contributed by atoms with Crippen LogP contribution in [-0.2, 0) is 16.1 Å². The molecule has 0 saturated carbocycles. The fourth-order valence-corrected chi connectivity index (χ4v) is 3.93. The van der Waals surface area contributed by atoms with Crippen molar-refractivity contribution in [3.63, 3.8) is 0 Å². The van der Waals surface area contributed by atoms with Crippen molar-refractivity contribution >= 4 is 17.4 Å². The summed E-state index contributed by atoms with van der Waals surface area (Å²) < 4.78 is 16.8. The average molecular weight is 463 g/mol. The third kappa shape index (κ3) is 4.52. The number of carbonyl (C=O) groups excluding carboxylic acids is 2. The van der Waals surface area contributed by atoms with Gasteiger partial charge in [-0.2, -0.15) is 0 Å². The van der Waals surface area contributed by atoms with E-state index in [0.717, 1.165) is 12.8 Å². The van der Waals surface area contributed by atoms with Crippen LogP contribution in [-0.4, -0.2) is 40.4 Å². The molecule has 34 heavy (non-hydrogen) atoms. The van der Waals surface area contributed by atoms with Gasteiger partial charge >= 0.3 is 0 Å². The number of nitrogens with zero attached hydrogens (tertiary/aromatic N) is 2. The molecule has 0 radical (unpaired) electrons. The van der Waals surface area contributed by atoms with Gasteiger partial charge in [-0.1, -0.05) is 19.4 Å². The number of amides is 1. The van der Waals surface area contributed by atoms with Crippen LogP contribution in [0.15, 0.2) is 71.1 Å². The van der Waals surface area contributed by atoms with Gasteiger partial charge in [0, 0.05) is 18.0 Å². The summed E-state index contributed by atoms with van der Waals surface area (Å²) in [5.41, 5.74) is 0.980. The van der Waals surface area contributed by atoms with Crippen LogP contribution in [0.1, 0.15) is 42.7 Å². The van der Waals surface area contributed by atoms with Gasteiger partial charge in [0.1, 0.15) is 11.5 Å². The smallest absolute Gasteiger partial charge is 0.296 e. The first-order chi connectivity index (χ1) is 16.5. The van der Waals surface area contributed by atoms with Gasteiger partial charge in [-0.05, 0) is 48.4 Å². The molecule has 1 aliphatic heterocycles. The Labute approximate surface area is 197 Å². The zero-order valence-corrected chi connectivity index (χ0v) is 19.1. The van der Waals surface area contributed by atoms with Crippen molar-refractivity contribution in [2.24, 2.45) is 0 Å². The van der Waals surface area contributed by atoms with Crippen molar-refractivity contribution < 1.29 is 28.6 Å². The van der Waals surface area contributed by atoms with Crippen LogP contribution in [0, 0.1) is 0 Å². The fourth-order valence-electron chi connectivity index (χ4n) is 3.93.